The fourth-order valence-electron chi connectivity index (χ4n) is 4.52. The van der Waals surface area contributed by atoms with Crippen LogP contribution in [0, 0.1) is 0 Å². The van der Waals surface area contributed by atoms with E-state index in [9.17, 15) is 18.0 Å². The highest BCUT2D eigenvalue weighted by Crippen LogP contribution is 2.33. The van der Waals surface area contributed by atoms with Crippen molar-refractivity contribution in [2.75, 3.05) is 26.8 Å². The first-order valence-corrected chi connectivity index (χ1v) is 10.5. The van der Waals surface area contributed by atoms with Crippen molar-refractivity contribution in [2.24, 2.45) is 0 Å². The van der Waals surface area contributed by atoms with Crippen molar-refractivity contribution >= 4 is 17.5 Å². The summed E-state index contributed by atoms with van der Waals surface area (Å²) in [6.07, 6.45) is -4.41. The smallest absolute Gasteiger partial charge is 0.325 e. The summed E-state index contributed by atoms with van der Waals surface area (Å²) in [5.41, 5.74) is 3.73. The fraction of sp³-hybridized carbons (Fsp3) is 0.435. The summed E-state index contributed by atoms with van der Waals surface area (Å²) in [7, 11) is 2.10. The summed E-state index contributed by atoms with van der Waals surface area (Å²) >= 11 is 6.60. The lowest BCUT2D eigenvalue weighted by Gasteiger charge is -2.30. The van der Waals surface area contributed by atoms with E-state index in [0.29, 0.717) is 16.1 Å². The summed E-state index contributed by atoms with van der Waals surface area (Å²) < 4.78 is 38.2. The Labute approximate surface area is 185 Å². The number of alkyl halides is 3. The Morgan fingerprint density at radius 1 is 1.10 bits per heavy atom. The van der Waals surface area contributed by atoms with Gasteiger partial charge in [-0.25, -0.2) is 0 Å². The van der Waals surface area contributed by atoms with E-state index in [1.165, 1.54) is 0 Å². The number of likely N-dealkylation sites (N-methyl/N-ethyl adjacent to an activating group) is 1. The second-order valence-corrected chi connectivity index (χ2v) is 9.53. The van der Waals surface area contributed by atoms with Gasteiger partial charge in [-0.3, -0.25) is 14.6 Å². The fourth-order valence-corrected chi connectivity index (χ4v) is 4.76. The quantitative estimate of drug-likeness (QED) is 0.654. The molecule has 166 valence electrons. The Morgan fingerprint density at radius 3 is 2.39 bits per heavy atom. The zero-order valence-corrected chi connectivity index (χ0v) is 18.5. The van der Waals surface area contributed by atoms with Gasteiger partial charge < -0.3 is 4.90 Å². The van der Waals surface area contributed by atoms with Gasteiger partial charge in [0.2, 0.25) is 0 Å². The number of fused-ring (bicyclic) bond motifs is 1. The maximum Gasteiger partial charge on any atom is 0.406 e. The zero-order valence-electron chi connectivity index (χ0n) is 17.8. The maximum absolute atomic E-state index is 12.7. The normalized spacial score (nSPS) is 19.3. The molecule has 0 atom stereocenters. The van der Waals surface area contributed by atoms with Crippen molar-refractivity contribution in [3.05, 3.63) is 58.1 Å². The van der Waals surface area contributed by atoms with Crippen molar-refractivity contribution in [3.63, 3.8) is 0 Å². The number of halogens is 4. The Hall–Kier alpha value is -2.09. The molecule has 2 heterocycles. The van der Waals surface area contributed by atoms with Crippen LogP contribution < -0.4 is 0 Å². The van der Waals surface area contributed by atoms with Gasteiger partial charge in [-0.1, -0.05) is 29.8 Å². The van der Waals surface area contributed by atoms with Crippen LogP contribution in [-0.4, -0.2) is 59.1 Å². The number of benzene rings is 2. The van der Waals surface area contributed by atoms with Crippen LogP contribution in [0.5, 0.6) is 0 Å². The van der Waals surface area contributed by atoms with Crippen LogP contribution in [0.2, 0.25) is 5.02 Å². The molecule has 2 aliphatic rings. The van der Waals surface area contributed by atoms with Crippen molar-refractivity contribution in [1.29, 1.82) is 0 Å². The molecule has 0 aliphatic carbocycles. The summed E-state index contributed by atoms with van der Waals surface area (Å²) in [6.45, 7) is 5.75. The third kappa shape index (κ3) is 4.59. The van der Waals surface area contributed by atoms with Gasteiger partial charge >= 0.3 is 6.18 Å². The lowest BCUT2D eigenvalue weighted by Crippen LogP contribution is -2.39. The zero-order chi connectivity index (χ0) is 22.6. The molecule has 31 heavy (non-hydrogen) atoms. The molecule has 4 rings (SSSR count). The molecule has 0 aromatic heterocycles. The number of hydrogen-bond acceptors (Lipinski definition) is 3. The summed E-state index contributed by atoms with van der Waals surface area (Å²) in [4.78, 5) is 17.7. The highest BCUT2D eigenvalue weighted by Gasteiger charge is 2.37. The average Bonchev–Trinajstić information content (AvgIpc) is 3.09. The van der Waals surface area contributed by atoms with Crippen molar-refractivity contribution in [3.8, 4) is 11.1 Å². The number of carbonyl (C=O) groups excluding carboxylic acids is 1. The Bertz CT molecular complexity index is 1020. The third-order valence-electron chi connectivity index (χ3n) is 6.03. The second kappa shape index (κ2) is 7.80. The van der Waals surface area contributed by atoms with Crippen LogP contribution >= 0.6 is 11.6 Å². The van der Waals surface area contributed by atoms with E-state index in [1.54, 1.807) is 18.2 Å². The van der Waals surface area contributed by atoms with Crippen LogP contribution in [0.3, 0.4) is 0 Å². The molecule has 2 aromatic rings. The minimum absolute atomic E-state index is 0.0368. The average molecular weight is 452 g/mol. The lowest BCUT2D eigenvalue weighted by atomic mass is 9.99. The van der Waals surface area contributed by atoms with E-state index in [0.717, 1.165) is 41.3 Å². The number of hydrogen-bond donors (Lipinski definition) is 0. The van der Waals surface area contributed by atoms with Crippen LogP contribution in [0.25, 0.3) is 11.1 Å². The van der Waals surface area contributed by atoms with Crippen molar-refractivity contribution in [1.82, 2.24) is 14.7 Å². The van der Waals surface area contributed by atoms with E-state index in [-0.39, 0.29) is 12.1 Å². The van der Waals surface area contributed by atoms with Gasteiger partial charge in [-0.05, 0) is 61.3 Å². The molecule has 0 unspecified atom stereocenters. The first kappa shape index (κ1) is 22.1. The molecular weight excluding hydrogens is 427 g/mol. The summed E-state index contributed by atoms with van der Waals surface area (Å²) in [6, 6.07) is 11.0. The molecule has 0 N–H and O–H groups in total. The molecule has 1 fully saturated rings. The molecule has 8 heteroatoms. The third-order valence-corrected chi connectivity index (χ3v) is 6.38. The number of carbonyl (C=O) groups is 1. The molecule has 2 aliphatic heterocycles. The Kier molecular flexibility index (Phi) is 5.56. The van der Waals surface area contributed by atoms with Gasteiger partial charge in [0, 0.05) is 35.8 Å². The van der Waals surface area contributed by atoms with Crippen LogP contribution in [0.4, 0.5) is 13.2 Å². The largest absolute Gasteiger partial charge is 0.406 e. The number of amides is 1. The minimum Gasteiger partial charge on any atom is -0.325 e. The van der Waals surface area contributed by atoms with E-state index in [1.807, 2.05) is 18.2 Å². The number of nitrogens with zero attached hydrogens (tertiary/aromatic N) is 3. The highest BCUT2D eigenvalue weighted by molar-refractivity contribution is 6.31. The van der Waals surface area contributed by atoms with Gasteiger partial charge in [-0.2, -0.15) is 13.2 Å². The van der Waals surface area contributed by atoms with Crippen molar-refractivity contribution in [2.45, 2.75) is 38.7 Å². The molecule has 0 spiro atoms. The summed E-state index contributed by atoms with van der Waals surface area (Å²) in [5.74, 6) is -0.578. The molecule has 0 radical (unpaired) electrons. The Balaban J connectivity index is 1.54. The predicted molar refractivity (Wildman–Crippen MR) is 115 cm³/mol. The molecular formula is C23H25ClF3N3O. The molecule has 4 nitrogen and oxygen atoms in total. The molecule has 1 saturated heterocycles. The SMILES string of the molecule is CN1CN(Cc2ccc(-c3ccc4c(c3)CN(CC(F)(F)F)C4=O)cc2Cl)C(C)(C)C1. The molecule has 0 saturated carbocycles. The van der Waals surface area contributed by atoms with Crippen LogP contribution in [0.1, 0.15) is 35.3 Å². The summed E-state index contributed by atoms with van der Waals surface area (Å²) in [5, 5.41) is 0.651. The predicted octanol–water partition coefficient (Wildman–Crippen LogP) is 5.01. The highest BCUT2D eigenvalue weighted by atomic mass is 35.5. The van der Waals surface area contributed by atoms with E-state index in [4.69, 9.17) is 11.6 Å². The monoisotopic (exact) mass is 451 g/mol. The van der Waals surface area contributed by atoms with Crippen LogP contribution in [0.15, 0.2) is 36.4 Å². The minimum atomic E-state index is -4.41. The lowest BCUT2D eigenvalue weighted by molar-refractivity contribution is -0.140. The molecule has 2 aromatic carbocycles. The van der Waals surface area contributed by atoms with Crippen molar-refractivity contribution < 1.29 is 18.0 Å². The standard InChI is InChI=1S/C23H25ClF3N3O/c1-22(2)12-28(3)14-30(22)11-17-5-4-16(9-20(17)24)15-6-7-19-18(8-15)10-29(21(19)31)13-23(25,26)27/h4-9H,10-14H2,1-3H3. The molecule has 0 bridgehead atoms. The topological polar surface area (TPSA) is 26.8 Å². The van der Waals surface area contributed by atoms with Gasteiger partial charge in [-0.15, -0.1) is 0 Å². The van der Waals surface area contributed by atoms with E-state index in [2.05, 4.69) is 30.7 Å². The number of rotatable bonds is 4. The van der Waals surface area contributed by atoms with Gasteiger partial charge in [0.25, 0.3) is 5.91 Å². The van der Waals surface area contributed by atoms with Gasteiger partial charge in [0.1, 0.15) is 6.54 Å². The second-order valence-electron chi connectivity index (χ2n) is 9.12. The van der Waals surface area contributed by atoms with E-state index < -0.39 is 18.6 Å². The molecule has 1 amide bonds. The van der Waals surface area contributed by atoms with Gasteiger partial charge in [0.15, 0.2) is 0 Å². The first-order valence-electron chi connectivity index (χ1n) is 10.1. The van der Waals surface area contributed by atoms with E-state index >= 15 is 0 Å². The first-order chi connectivity index (χ1) is 14.4. The Morgan fingerprint density at radius 2 is 1.77 bits per heavy atom. The van der Waals surface area contributed by atoms with Gasteiger partial charge in [0.05, 0.1) is 6.67 Å². The van der Waals surface area contributed by atoms with Crippen LogP contribution in [-0.2, 0) is 13.1 Å². The maximum atomic E-state index is 12.7.